The van der Waals surface area contributed by atoms with Gasteiger partial charge in [0, 0.05) is 25.1 Å². The quantitative estimate of drug-likeness (QED) is 0.455. The molecule has 0 aliphatic rings. The van der Waals surface area contributed by atoms with Gasteiger partial charge in [0.2, 0.25) is 0 Å². The van der Waals surface area contributed by atoms with Crippen LogP contribution < -0.4 is 21.7 Å². The van der Waals surface area contributed by atoms with Gasteiger partial charge in [-0.25, -0.2) is 9.37 Å². The summed E-state index contributed by atoms with van der Waals surface area (Å²) in [5.74, 6) is -1.16. The summed E-state index contributed by atoms with van der Waals surface area (Å²) in [6.45, 7) is 1.93. The molecule has 3 aromatic rings. The zero-order valence-corrected chi connectivity index (χ0v) is 16.9. The van der Waals surface area contributed by atoms with Crippen LogP contribution >= 0.6 is 0 Å². The number of nitrogens with two attached hydrogens (primary N) is 1. The Bertz CT molecular complexity index is 1140. The highest BCUT2D eigenvalue weighted by Gasteiger charge is 2.18. The Balaban J connectivity index is 1.96. The first-order valence-corrected chi connectivity index (χ1v) is 9.33. The monoisotopic (exact) mass is 420 g/mol. The maximum Gasteiger partial charge on any atom is 0.259 e. The molecule has 2 aromatic heterocycles. The fraction of sp³-hybridized carbons (Fsp3) is 0.0909. The smallest absolute Gasteiger partial charge is 0.259 e. The fourth-order valence-corrected chi connectivity index (χ4v) is 2.77. The highest BCUT2D eigenvalue weighted by molar-refractivity contribution is 6.25. The molecular weight excluding hydrogens is 399 g/mol. The number of pyridine rings is 2. The molecule has 0 aliphatic heterocycles. The molecule has 3 rings (SSSR count). The van der Waals surface area contributed by atoms with E-state index in [4.69, 9.17) is 5.73 Å². The number of amides is 2. The van der Waals surface area contributed by atoms with Gasteiger partial charge in [-0.05, 0) is 36.8 Å². The molecule has 1 aromatic carbocycles. The highest BCUT2D eigenvalue weighted by atomic mass is 19.1. The molecule has 0 bridgehead atoms. The van der Waals surface area contributed by atoms with Crippen molar-refractivity contribution in [3.05, 3.63) is 83.7 Å². The number of nitrogens with zero attached hydrogens (tertiary/aromatic N) is 2. The molecule has 2 amide bonds. The molecule has 0 saturated carbocycles. The summed E-state index contributed by atoms with van der Waals surface area (Å²) >= 11 is 0. The number of anilines is 3. The van der Waals surface area contributed by atoms with Gasteiger partial charge in [-0.15, -0.1) is 0 Å². The van der Waals surface area contributed by atoms with E-state index in [1.165, 1.54) is 31.4 Å². The molecule has 2 heterocycles. The number of aryl methyl sites for hydroxylation is 1. The van der Waals surface area contributed by atoms with Gasteiger partial charge in [0.1, 0.15) is 5.82 Å². The third-order valence-corrected chi connectivity index (χ3v) is 4.44. The number of carbonyl (C=O) groups excluding carboxylic acids is 2. The van der Waals surface area contributed by atoms with E-state index in [9.17, 15) is 14.0 Å². The van der Waals surface area contributed by atoms with E-state index in [1.54, 1.807) is 0 Å². The van der Waals surface area contributed by atoms with Gasteiger partial charge in [-0.1, -0.05) is 18.2 Å². The Hall–Kier alpha value is -4.27. The minimum Gasteiger partial charge on any atom is -0.404 e. The van der Waals surface area contributed by atoms with Crippen molar-refractivity contribution in [2.75, 3.05) is 17.7 Å². The third kappa shape index (κ3) is 5.02. The maximum atomic E-state index is 13.2. The number of carbonyl (C=O) groups is 2. The van der Waals surface area contributed by atoms with Gasteiger partial charge < -0.3 is 21.7 Å². The maximum absolute atomic E-state index is 13.2. The second kappa shape index (κ2) is 9.49. The molecule has 0 aliphatic carbocycles. The molecular formula is C22H21FN6O2. The minimum atomic E-state index is -0.592. The lowest BCUT2D eigenvalue weighted by Crippen LogP contribution is -2.20. The van der Waals surface area contributed by atoms with E-state index >= 15 is 0 Å². The summed E-state index contributed by atoms with van der Waals surface area (Å²) < 4.78 is 13.2. The van der Waals surface area contributed by atoms with E-state index in [1.807, 2.05) is 31.2 Å². The predicted octanol–water partition coefficient (Wildman–Crippen LogP) is 2.97. The number of hydrogen-bond donors (Lipinski definition) is 4. The Morgan fingerprint density at radius 2 is 1.84 bits per heavy atom. The summed E-state index contributed by atoms with van der Waals surface area (Å²) in [5.41, 5.74) is 8.13. The van der Waals surface area contributed by atoms with Crippen molar-refractivity contribution in [3.63, 3.8) is 0 Å². The predicted molar refractivity (Wildman–Crippen MR) is 117 cm³/mol. The van der Waals surface area contributed by atoms with Crippen molar-refractivity contribution in [1.82, 2.24) is 15.3 Å². The standard InChI is InChI=1S/C22H21FN6O2/c1-13-5-3-4-6-17(13)28-20-19(9-14(11-27-20)21(30)25-2)29-22(31)16(10-24)18-8-7-15(23)12-26-18/h3-12H,24H2,1-2H3,(H,25,30)(H,27,28)(H,29,31)/b16-10+. The lowest BCUT2D eigenvalue weighted by Gasteiger charge is -2.15. The number of halogens is 1. The lowest BCUT2D eigenvalue weighted by molar-refractivity contribution is -0.111. The van der Waals surface area contributed by atoms with Crippen LogP contribution in [0.2, 0.25) is 0 Å². The molecule has 0 atom stereocenters. The van der Waals surface area contributed by atoms with Crippen LogP contribution in [0, 0.1) is 12.7 Å². The Morgan fingerprint density at radius 1 is 1.06 bits per heavy atom. The average Bonchev–Trinajstić information content (AvgIpc) is 2.77. The third-order valence-electron chi connectivity index (χ3n) is 4.44. The van der Waals surface area contributed by atoms with Gasteiger partial charge in [0.25, 0.3) is 11.8 Å². The van der Waals surface area contributed by atoms with Crippen LogP contribution in [-0.4, -0.2) is 28.8 Å². The van der Waals surface area contributed by atoms with Crippen molar-refractivity contribution >= 4 is 34.6 Å². The zero-order chi connectivity index (χ0) is 22.4. The Labute approximate surface area is 178 Å². The first kappa shape index (κ1) is 21.4. The van der Waals surface area contributed by atoms with E-state index in [0.29, 0.717) is 5.82 Å². The van der Waals surface area contributed by atoms with Crippen molar-refractivity contribution in [1.29, 1.82) is 0 Å². The lowest BCUT2D eigenvalue weighted by atomic mass is 10.1. The number of para-hydroxylation sites is 1. The van der Waals surface area contributed by atoms with Crippen molar-refractivity contribution < 1.29 is 14.0 Å². The van der Waals surface area contributed by atoms with E-state index < -0.39 is 11.7 Å². The van der Waals surface area contributed by atoms with E-state index in [2.05, 4.69) is 25.9 Å². The molecule has 5 N–H and O–H groups in total. The number of hydrogen-bond acceptors (Lipinski definition) is 6. The first-order chi connectivity index (χ1) is 14.9. The molecule has 31 heavy (non-hydrogen) atoms. The van der Waals surface area contributed by atoms with Crippen LogP contribution in [0.25, 0.3) is 5.57 Å². The van der Waals surface area contributed by atoms with Crippen LogP contribution in [0.4, 0.5) is 21.6 Å². The number of aromatic nitrogens is 2. The minimum absolute atomic E-state index is 0.0344. The molecule has 9 heteroatoms. The summed E-state index contributed by atoms with van der Waals surface area (Å²) in [6, 6.07) is 11.6. The summed E-state index contributed by atoms with van der Waals surface area (Å²) in [5, 5.41) is 8.38. The van der Waals surface area contributed by atoms with Gasteiger partial charge in [-0.3, -0.25) is 14.6 Å². The number of rotatable bonds is 6. The second-order valence-corrected chi connectivity index (χ2v) is 6.54. The SMILES string of the molecule is CNC(=O)c1cnc(Nc2ccccc2C)c(NC(=O)/C(=C/N)c2ccc(F)cn2)c1. The van der Waals surface area contributed by atoms with E-state index in [-0.39, 0.29) is 28.4 Å². The molecule has 0 fully saturated rings. The number of benzene rings is 1. The molecule has 0 saturated heterocycles. The van der Waals surface area contributed by atoms with E-state index in [0.717, 1.165) is 23.6 Å². The van der Waals surface area contributed by atoms with Crippen LogP contribution in [0.3, 0.4) is 0 Å². The first-order valence-electron chi connectivity index (χ1n) is 9.33. The molecule has 8 nitrogen and oxygen atoms in total. The highest BCUT2D eigenvalue weighted by Crippen LogP contribution is 2.27. The van der Waals surface area contributed by atoms with Crippen molar-refractivity contribution in [3.8, 4) is 0 Å². The summed E-state index contributed by atoms with van der Waals surface area (Å²) in [4.78, 5) is 33.2. The molecule has 0 radical (unpaired) electrons. The van der Waals surface area contributed by atoms with Crippen molar-refractivity contribution in [2.24, 2.45) is 5.73 Å². The van der Waals surface area contributed by atoms with Crippen molar-refractivity contribution in [2.45, 2.75) is 6.92 Å². The summed E-state index contributed by atoms with van der Waals surface area (Å²) in [7, 11) is 1.50. The topological polar surface area (TPSA) is 122 Å². The van der Waals surface area contributed by atoms with Gasteiger partial charge in [0.05, 0.1) is 28.7 Å². The average molecular weight is 420 g/mol. The van der Waals surface area contributed by atoms with Crippen LogP contribution in [0.15, 0.2) is 61.1 Å². The normalized spacial score (nSPS) is 11.0. The molecule has 0 unspecified atom stereocenters. The van der Waals surface area contributed by atoms with Gasteiger partial charge in [-0.2, -0.15) is 0 Å². The fourth-order valence-electron chi connectivity index (χ4n) is 2.77. The van der Waals surface area contributed by atoms with Crippen LogP contribution in [0.5, 0.6) is 0 Å². The second-order valence-electron chi connectivity index (χ2n) is 6.54. The molecule has 158 valence electrons. The Kier molecular flexibility index (Phi) is 6.56. The zero-order valence-electron chi connectivity index (χ0n) is 16.9. The van der Waals surface area contributed by atoms with Crippen LogP contribution in [-0.2, 0) is 4.79 Å². The van der Waals surface area contributed by atoms with Gasteiger partial charge in [0.15, 0.2) is 5.82 Å². The summed E-state index contributed by atoms with van der Waals surface area (Å²) in [6.07, 6.45) is 3.47. The number of nitrogens with one attached hydrogen (secondary N) is 3. The molecule has 0 spiro atoms. The largest absolute Gasteiger partial charge is 0.404 e. The van der Waals surface area contributed by atoms with Crippen LogP contribution in [0.1, 0.15) is 21.6 Å². The van der Waals surface area contributed by atoms with Gasteiger partial charge >= 0.3 is 0 Å². The Morgan fingerprint density at radius 3 is 2.48 bits per heavy atom.